The van der Waals surface area contributed by atoms with Gasteiger partial charge in [0.1, 0.15) is 0 Å². The summed E-state index contributed by atoms with van der Waals surface area (Å²) >= 11 is 0. The van der Waals surface area contributed by atoms with E-state index in [0.29, 0.717) is 6.21 Å². The van der Waals surface area contributed by atoms with E-state index in [1.165, 1.54) is 0 Å². The molecular formula is C2H2N2O3. The zero-order valence-corrected chi connectivity index (χ0v) is 3.24. The zero-order chi connectivity index (χ0) is 5.70. The number of rotatable bonds is 1. The van der Waals surface area contributed by atoms with Gasteiger partial charge in [0.25, 0.3) is 0 Å². The molecule has 0 aliphatic carbocycles. The first kappa shape index (κ1) is 5.81. The average Bonchev–Trinajstić information content (AvgIpc) is 1.68. The van der Waals surface area contributed by atoms with Crippen LogP contribution in [0.15, 0.2) is 0 Å². The van der Waals surface area contributed by atoms with Crippen LogP contribution < -0.4 is 0 Å². The van der Waals surface area contributed by atoms with Crippen molar-refractivity contribution in [3.05, 3.63) is 5.53 Å². The SMILES string of the molecule is [N-]=[N+]=CC(=O)OO. The van der Waals surface area contributed by atoms with E-state index in [2.05, 4.69) is 9.68 Å². The van der Waals surface area contributed by atoms with E-state index in [1.807, 2.05) is 0 Å². The summed E-state index contributed by atoms with van der Waals surface area (Å²) in [6.07, 6.45) is 0.417. The second-order valence-corrected chi connectivity index (χ2v) is 0.655. The number of hydrogen-bond donors (Lipinski definition) is 1. The molecule has 5 heteroatoms. The molecule has 0 saturated carbocycles. The fourth-order valence-electron chi connectivity index (χ4n) is 0.0707. The summed E-state index contributed by atoms with van der Waals surface area (Å²) < 4.78 is 0. The van der Waals surface area contributed by atoms with Crippen molar-refractivity contribution >= 4 is 12.2 Å². The summed E-state index contributed by atoms with van der Waals surface area (Å²) in [4.78, 5) is 14.9. The number of carbonyl (C=O) groups is 1. The first-order chi connectivity index (χ1) is 3.31. The maximum atomic E-state index is 9.63. The monoisotopic (exact) mass is 102 g/mol. The number of nitrogens with zero attached hydrogens (tertiary/aromatic N) is 2. The highest BCUT2D eigenvalue weighted by Gasteiger charge is 1.97. The van der Waals surface area contributed by atoms with Crippen LogP contribution in [0.2, 0.25) is 0 Å². The molecule has 38 valence electrons. The van der Waals surface area contributed by atoms with Crippen LogP contribution in [0.1, 0.15) is 0 Å². The number of hydrogen-bond acceptors (Lipinski definition) is 3. The van der Waals surface area contributed by atoms with E-state index < -0.39 is 5.97 Å². The Labute approximate surface area is 38.7 Å². The van der Waals surface area contributed by atoms with Crippen LogP contribution in [0, 0.1) is 0 Å². The molecule has 0 bridgehead atoms. The molecule has 0 atom stereocenters. The lowest BCUT2D eigenvalue weighted by Crippen LogP contribution is -2.01. The maximum Gasteiger partial charge on any atom is 0.445 e. The summed E-state index contributed by atoms with van der Waals surface area (Å²) in [6, 6.07) is 0. The molecule has 0 aliphatic rings. The molecule has 0 spiro atoms. The van der Waals surface area contributed by atoms with Crippen molar-refractivity contribution in [1.82, 2.24) is 0 Å². The van der Waals surface area contributed by atoms with Crippen molar-refractivity contribution < 1.29 is 19.7 Å². The quantitative estimate of drug-likeness (QED) is 0.156. The summed E-state index contributed by atoms with van der Waals surface area (Å²) in [6.45, 7) is 0. The van der Waals surface area contributed by atoms with Crippen molar-refractivity contribution in [2.24, 2.45) is 0 Å². The molecule has 0 aliphatic heterocycles. The molecule has 0 aromatic heterocycles. The lowest BCUT2D eigenvalue weighted by molar-refractivity contribution is -0.227. The van der Waals surface area contributed by atoms with Crippen molar-refractivity contribution in [3.8, 4) is 0 Å². The van der Waals surface area contributed by atoms with Crippen LogP contribution in [-0.4, -0.2) is 22.2 Å². The maximum absolute atomic E-state index is 9.63. The minimum Gasteiger partial charge on any atom is -0.361 e. The van der Waals surface area contributed by atoms with Crippen LogP contribution in [0.25, 0.3) is 5.53 Å². The molecule has 0 radical (unpaired) electrons. The molecule has 0 rings (SSSR count). The van der Waals surface area contributed by atoms with Gasteiger partial charge < -0.3 is 5.53 Å². The van der Waals surface area contributed by atoms with Gasteiger partial charge in [-0.25, -0.2) is 4.79 Å². The lowest BCUT2D eigenvalue weighted by atomic mass is 10.8. The molecule has 0 heterocycles. The van der Waals surface area contributed by atoms with E-state index in [-0.39, 0.29) is 0 Å². The molecule has 0 amide bonds. The van der Waals surface area contributed by atoms with Gasteiger partial charge >= 0.3 is 12.2 Å². The van der Waals surface area contributed by atoms with Crippen molar-refractivity contribution in [3.63, 3.8) is 0 Å². The minimum atomic E-state index is -1.11. The Morgan fingerprint density at radius 1 is 2.00 bits per heavy atom. The summed E-state index contributed by atoms with van der Waals surface area (Å²) in [5.41, 5.74) is 7.53. The molecule has 0 fully saturated rings. The van der Waals surface area contributed by atoms with Crippen LogP contribution in [-0.2, 0) is 9.68 Å². The first-order valence-electron chi connectivity index (χ1n) is 1.34. The van der Waals surface area contributed by atoms with E-state index in [1.54, 1.807) is 0 Å². The lowest BCUT2D eigenvalue weighted by Gasteiger charge is -1.73. The molecule has 0 unspecified atom stereocenters. The summed E-state index contributed by atoms with van der Waals surface area (Å²) in [5.74, 6) is -1.11. The van der Waals surface area contributed by atoms with Crippen LogP contribution >= 0.6 is 0 Å². The van der Waals surface area contributed by atoms with Gasteiger partial charge in [-0.05, 0) is 0 Å². The van der Waals surface area contributed by atoms with E-state index in [4.69, 9.17) is 10.8 Å². The second kappa shape index (κ2) is 3.02. The first-order valence-corrected chi connectivity index (χ1v) is 1.34. The normalized spacial score (nSPS) is 6.43. The second-order valence-electron chi connectivity index (χ2n) is 0.655. The Morgan fingerprint density at radius 3 is 2.71 bits per heavy atom. The molecular weight excluding hydrogens is 100 g/mol. The minimum absolute atomic E-state index is 0.417. The van der Waals surface area contributed by atoms with Crippen LogP contribution in [0.5, 0.6) is 0 Å². The molecule has 0 saturated heterocycles. The largest absolute Gasteiger partial charge is 0.445 e. The van der Waals surface area contributed by atoms with Crippen molar-refractivity contribution in [1.29, 1.82) is 0 Å². The zero-order valence-electron chi connectivity index (χ0n) is 3.24. The highest BCUT2D eigenvalue weighted by molar-refractivity contribution is 6.20. The smallest absolute Gasteiger partial charge is 0.361 e. The predicted octanol–water partition coefficient (Wildman–Crippen LogP) is -0.697. The highest BCUT2D eigenvalue weighted by atomic mass is 17.1. The van der Waals surface area contributed by atoms with Gasteiger partial charge in [0.2, 0.25) is 0 Å². The number of carbonyl (C=O) groups excluding carboxylic acids is 1. The summed E-state index contributed by atoms with van der Waals surface area (Å²) in [5, 5.41) is 7.41. The Bertz CT molecular complexity index is 114. The fraction of sp³-hybridized carbons (Fsp3) is 0. The standard InChI is InChI=1S/C2H2N2O3/c3-4-1-2(5)7-6/h1,6H. The van der Waals surface area contributed by atoms with Crippen LogP contribution in [0.3, 0.4) is 0 Å². The van der Waals surface area contributed by atoms with E-state index in [0.717, 1.165) is 0 Å². The third kappa shape index (κ3) is 2.62. The van der Waals surface area contributed by atoms with Gasteiger partial charge in [0.15, 0.2) is 0 Å². The van der Waals surface area contributed by atoms with E-state index in [9.17, 15) is 4.79 Å². The Balaban J connectivity index is 3.58. The van der Waals surface area contributed by atoms with Gasteiger partial charge in [-0.3, -0.25) is 4.89 Å². The van der Waals surface area contributed by atoms with E-state index >= 15 is 0 Å². The van der Waals surface area contributed by atoms with Crippen molar-refractivity contribution in [2.45, 2.75) is 0 Å². The molecule has 5 nitrogen and oxygen atoms in total. The average molecular weight is 102 g/mol. The van der Waals surface area contributed by atoms with Gasteiger partial charge in [0, 0.05) is 0 Å². The Morgan fingerprint density at radius 2 is 2.57 bits per heavy atom. The fourth-order valence-corrected chi connectivity index (χ4v) is 0.0707. The summed E-state index contributed by atoms with van der Waals surface area (Å²) in [7, 11) is 0. The Kier molecular flexibility index (Phi) is 2.50. The van der Waals surface area contributed by atoms with Crippen molar-refractivity contribution in [2.75, 3.05) is 0 Å². The molecule has 7 heavy (non-hydrogen) atoms. The third-order valence-electron chi connectivity index (χ3n) is 0.253. The predicted molar refractivity (Wildman–Crippen MR) is 18.4 cm³/mol. The topological polar surface area (TPSA) is 82.9 Å². The third-order valence-corrected chi connectivity index (χ3v) is 0.253. The molecule has 0 aromatic carbocycles. The Hall–Kier alpha value is -1.19. The van der Waals surface area contributed by atoms with Crippen LogP contribution in [0.4, 0.5) is 0 Å². The van der Waals surface area contributed by atoms with Gasteiger partial charge in [-0.15, -0.1) is 0 Å². The molecule has 1 N–H and O–H groups in total. The highest BCUT2D eigenvalue weighted by Crippen LogP contribution is 1.58. The molecule has 0 aromatic rings. The van der Waals surface area contributed by atoms with Gasteiger partial charge in [-0.1, -0.05) is 0 Å². The van der Waals surface area contributed by atoms with Gasteiger partial charge in [0.05, 0.1) is 0 Å². The van der Waals surface area contributed by atoms with Gasteiger partial charge in [-0.2, -0.15) is 10.0 Å².